The van der Waals surface area contributed by atoms with Gasteiger partial charge in [0.05, 0.1) is 30.4 Å². The molecule has 1 N–H and O–H groups in total. The van der Waals surface area contributed by atoms with Crippen molar-refractivity contribution in [3.63, 3.8) is 0 Å². The smallest absolute Gasteiger partial charge is 0.338 e. The highest BCUT2D eigenvalue weighted by Crippen LogP contribution is 2.34. The van der Waals surface area contributed by atoms with Crippen molar-refractivity contribution in [2.45, 2.75) is 11.8 Å². The van der Waals surface area contributed by atoms with Gasteiger partial charge in [0, 0.05) is 5.02 Å². The van der Waals surface area contributed by atoms with E-state index in [1.54, 1.807) is 50.4 Å². The zero-order valence-corrected chi connectivity index (χ0v) is 18.6. The van der Waals surface area contributed by atoms with Gasteiger partial charge >= 0.3 is 5.97 Å². The number of ether oxygens (including phenoxy) is 3. The van der Waals surface area contributed by atoms with Crippen molar-refractivity contribution in [2.75, 3.05) is 18.9 Å². The molecule has 3 aromatic rings. The lowest BCUT2D eigenvalue weighted by molar-refractivity contribution is 0.0599. The van der Waals surface area contributed by atoms with Crippen LogP contribution in [0.3, 0.4) is 0 Å². The van der Waals surface area contributed by atoms with Crippen molar-refractivity contribution in [1.29, 1.82) is 0 Å². The summed E-state index contributed by atoms with van der Waals surface area (Å²) in [7, 11) is -1.27. The molecule has 0 aliphatic rings. The number of methoxy groups -OCH3 is 2. The summed E-state index contributed by atoms with van der Waals surface area (Å²) in [5.74, 6) is 0.760. The van der Waals surface area contributed by atoms with Gasteiger partial charge in [-0.05, 0) is 67.1 Å². The van der Waals surface area contributed by atoms with E-state index in [0.29, 0.717) is 22.1 Å². The second-order valence-electron chi connectivity index (χ2n) is 6.49. The number of sulfonamides is 1. The summed E-state index contributed by atoms with van der Waals surface area (Å²) >= 11 is 6.07. The third kappa shape index (κ3) is 5.28. The van der Waals surface area contributed by atoms with Crippen LogP contribution in [0, 0.1) is 6.92 Å². The average Bonchev–Trinajstić information content (AvgIpc) is 2.75. The number of aryl methyl sites for hydroxylation is 1. The van der Waals surface area contributed by atoms with Gasteiger partial charge in [-0.2, -0.15) is 0 Å². The number of hydrogen-bond donors (Lipinski definition) is 1. The predicted molar refractivity (Wildman–Crippen MR) is 118 cm³/mol. The van der Waals surface area contributed by atoms with Crippen molar-refractivity contribution in [2.24, 2.45) is 0 Å². The Balaban J connectivity index is 1.94. The minimum Gasteiger partial charge on any atom is -0.497 e. The topological polar surface area (TPSA) is 90.9 Å². The molecule has 0 aromatic heterocycles. The minimum absolute atomic E-state index is 0.103. The van der Waals surface area contributed by atoms with Gasteiger partial charge in [-0.1, -0.05) is 17.7 Å². The first-order chi connectivity index (χ1) is 14.7. The molecule has 0 amide bonds. The molecular weight excluding hydrogens is 442 g/mol. The average molecular weight is 462 g/mol. The van der Waals surface area contributed by atoms with E-state index in [-0.39, 0.29) is 21.9 Å². The number of carbonyl (C=O) groups is 1. The van der Waals surface area contributed by atoms with Crippen LogP contribution in [0.1, 0.15) is 15.9 Å². The Hall–Kier alpha value is -3.23. The van der Waals surface area contributed by atoms with Crippen molar-refractivity contribution in [3.05, 3.63) is 76.8 Å². The molecule has 3 aromatic carbocycles. The summed E-state index contributed by atoms with van der Waals surface area (Å²) in [5, 5.41) is 0.318. The van der Waals surface area contributed by atoms with Gasteiger partial charge < -0.3 is 14.2 Å². The number of benzene rings is 3. The standard InChI is InChI=1S/C22H20ClNO6S/c1-14-4-10-18(13-19(14)22(25)29-3)31(26,27)24-20-12-15(23)5-11-21(20)30-17-8-6-16(28-2)7-9-17/h4-13,24H,1-3H3. The van der Waals surface area contributed by atoms with Crippen LogP contribution in [0.2, 0.25) is 5.02 Å². The fraction of sp³-hybridized carbons (Fsp3) is 0.136. The number of anilines is 1. The van der Waals surface area contributed by atoms with E-state index >= 15 is 0 Å². The van der Waals surface area contributed by atoms with Crippen LogP contribution in [0.5, 0.6) is 17.2 Å². The van der Waals surface area contributed by atoms with Crippen LogP contribution in [0.25, 0.3) is 0 Å². The highest BCUT2D eigenvalue weighted by Gasteiger charge is 2.20. The number of halogens is 1. The van der Waals surface area contributed by atoms with Gasteiger partial charge in [-0.3, -0.25) is 4.72 Å². The fourth-order valence-electron chi connectivity index (χ4n) is 2.74. The van der Waals surface area contributed by atoms with E-state index in [9.17, 15) is 13.2 Å². The number of carbonyl (C=O) groups excluding carboxylic acids is 1. The van der Waals surface area contributed by atoms with Crippen molar-refractivity contribution < 1.29 is 27.4 Å². The normalized spacial score (nSPS) is 11.0. The minimum atomic E-state index is -4.05. The van der Waals surface area contributed by atoms with E-state index in [0.717, 1.165) is 0 Å². The van der Waals surface area contributed by atoms with Crippen molar-refractivity contribution >= 4 is 33.3 Å². The van der Waals surface area contributed by atoms with Crippen LogP contribution < -0.4 is 14.2 Å². The second-order valence-corrected chi connectivity index (χ2v) is 8.61. The van der Waals surface area contributed by atoms with Gasteiger partial charge in [-0.15, -0.1) is 0 Å². The largest absolute Gasteiger partial charge is 0.497 e. The highest BCUT2D eigenvalue weighted by molar-refractivity contribution is 7.92. The van der Waals surface area contributed by atoms with Crippen LogP contribution in [0.15, 0.2) is 65.6 Å². The lowest BCUT2D eigenvalue weighted by atomic mass is 10.1. The summed E-state index contributed by atoms with van der Waals surface area (Å²) in [6.07, 6.45) is 0. The molecule has 0 atom stereocenters. The third-order valence-corrected chi connectivity index (χ3v) is 6.00. The fourth-order valence-corrected chi connectivity index (χ4v) is 4.00. The predicted octanol–water partition coefficient (Wildman–Crippen LogP) is 5.04. The Morgan fingerprint density at radius 3 is 2.26 bits per heavy atom. The Morgan fingerprint density at radius 1 is 0.935 bits per heavy atom. The lowest BCUT2D eigenvalue weighted by Crippen LogP contribution is -2.15. The molecule has 0 radical (unpaired) electrons. The molecule has 3 rings (SSSR count). The first-order valence-electron chi connectivity index (χ1n) is 9.07. The molecule has 0 fully saturated rings. The molecule has 0 aliphatic heterocycles. The van der Waals surface area contributed by atoms with Gasteiger partial charge in [0.2, 0.25) is 0 Å². The molecule has 31 heavy (non-hydrogen) atoms. The SMILES string of the molecule is COC(=O)c1cc(S(=O)(=O)Nc2cc(Cl)ccc2Oc2ccc(OC)cc2)ccc1C. The van der Waals surface area contributed by atoms with Crippen LogP contribution >= 0.6 is 11.6 Å². The Labute approximate surface area is 185 Å². The molecule has 0 spiro atoms. The first-order valence-corrected chi connectivity index (χ1v) is 10.9. The Kier molecular flexibility index (Phi) is 6.72. The maximum atomic E-state index is 13.0. The molecule has 0 saturated carbocycles. The van der Waals surface area contributed by atoms with E-state index in [1.807, 2.05) is 0 Å². The molecule has 0 aliphatic carbocycles. The van der Waals surface area contributed by atoms with E-state index in [4.69, 9.17) is 25.8 Å². The highest BCUT2D eigenvalue weighted by atomic mass is 35.5. The number of hydrogen-bond acceptors (Lipinski definition) is 6. The molecule has 0 heterocycles. The quantitative estimate of drug-likeness (QED) is 0.496. The van der Waals surface area contributed by atoms with E-state index in [2.05, 4.69) is 4.72 Å². The zero-order valence-electron chi connectivity index (χ0n) is 17.0. The molecule has 162 valence electrons. The van der Waals surface area contributed by atoms with Crippen LogP contribution in [-0.2, 0) is 14.8 Å². The second kappa shape index (κ2) is 9.28. The molecule has 0 saturated heterocycles. The zero-order chi connectivity index (χ0) is 22.6. The maximum absolute atomic E-state index is 13.0. The van der Waals surface area contributed by atoms with Gasteiger partial charge in [0.25, 0.3) is 10.0 Å². The van der Waals surface area contributed by atoms with Crippen LogP contribution in [0.4, 0.5) is 5.69 Å². The number of esters is 1. The van der Waals surface area contributed by atoms with Crippen molar-refractivity contribution in [1.82, 2.24) is 0 Å². The lowest BCUT2D eigenvalue weighted by Gasteiger charge is -2.15. The summed E-state index contributed by atoms with van der Waals surface area (Å²) < 4.78 is 44.1. The van der Waals surface area contributed by atoms with Crippen molar-refractivity contribution in [3.8, 4) is 17.2 Å². The molecule has 9 heteroatoms. The summed E-state index contributed by atoms with van der Waals surface area (Å²) in [4.78, 5) is 11.8. The van der Waals surface area contributed by atoms with Crippen LogP contribution in [-0.4, -0.2) is 28.6 Å². The van der Waals surface area contributed by atoms with E-state index in [1.165, 1.54) is 31.4 Å². The van der Waals surface area contributed by atoms with Gasteiger partial charge in [0.1, 0.15) is 11.5 Å². The molecule has 0 unspecified atom stereocenters. The Bertz CT molecular complexity index is 1210. The maximum Gasteiger partial charge on any atom is 0.338 e. The number of rotatable bonds is 7. The third-order valence-electron chi connectivity index (χ3n) is 4.40. The molecular formula is C22H20ClNO6S. The summed E-state index contributed by atoms with van der Waals surface area (Å²) in [6.45, 7) is 1.69. The summed E-state index contributed by atoms with van der Waals surface area (Å²) in [6, 6.07) is 15.6. The van der Waals surface area contributed by atoms with Gasteiger partial charge in [-0.25, -0.2) is 13.2 Å². The van der Waals surface area contributed by atoms with Gasteiger partial charge in [0.15, 0.2) is 5.75 Å². The van der Waals surface area contributed by atoms with E-state index < -0.39 is 16.0 Å². The molecule has 7 nitrogen and oxygen atoms in total. The number of nitrogens with one attached hydrogen (secondary N) is 1. The Morgan fingerprint density at radius 2 is 1.61 bits per heavy atom. The molecule has 0 bridgehead atoms. The monoisotopic (exact) mass is 461 g/mol. The summed E-state index contributed by atoms with van der Waals surface area (Å²) in [5.41, 5.74) is 0.895. The first kappa shape index (κ1) is 22.5.